The van der Waals surface area contributed by atoms with E-state index in [0.29, 0.717) is 12.5 Å². The average Bonchev–Trinajstić information content (AvgIpc) is 2.71. The SMILES string of the molecule is Cc1[nH]nc2cccc([C@@H](O)CNCC(C)C)c12. The summed E-state index contributed by atoms with van der Waals surface area (Å²) < 4.78 is 0. The van der Waals surface area contributed by atoms with Gasteiger partial charge in [0.05, 0.1) is 11.6 Å². The van der Waals surface area contributed by atoms with E-state index in [1.165, 1.54) is 0 Å². The number of hydrogen-bond donors (Lipinski definition) is 3. The van der Waals surface area contributed by atoms with Crippen molar-refractivity contribution < 1.29 is 5.11 Å². The molecule has 98 valence electrons. The van der Waals surface area contributed by atoms with Gasteiger partial charge in [-0.25, -0.2) is 0 Å². The van der Waals surface area contributed by atoms with Crippen molar-refractivity contribution in [3.05, 3.63) is 29.5 Å². The Bertz CT molecular complexity index is 519. The van der Waals surface area contributed by atoms with E-state index in [2.05, 4.69) is 29.4 Å². The second-order valence-corrected chi connectivity index (χ2v) is 5.16. The summed E-state index contributed by atoms with van der Waals surface area (Å²) in [7, 11) is 0. The fourth-order valence-corrected chi connectivity index (χ4v) is 2.16. The molecule has 0 amide bonds. The van der Waals surface area contributed by atoms with E-state index in [1.54, 1.807) is 0 Å². The molecule has 0 aliphatic rings. The molecule has 2 aromatic rings. The fraction of sp³-hybridized carbons (Fsp3) is 0.500. The molecule has 0 saturated heterocycles. The van der Waals surface area contributed by atoms with Gasteiger partial charge < -0.3 is 10.4 Å². The first kappa shape index (κ1) is 13.1. The van der Waals surface area contributed by atoms with Crippen LogP contribution >= 0.6 is 0 Å². The van der Waals surface area contributed by atoms with Gasteiger partial charge in [-0.1, -0.05) is 26.0 Å². The van der Waals surface area contributed by atoms with Crippen LogP contribution in [0.4, 0.5) is 0 Å². The maximum Gasteiger partial charge on any atom is 0.0927 e. The van der Waals surface area contributed by atoms with Gasteiger partial charge in [0, 0.05) is 17.6 Å². The Morgan fingerprint density at radius 3 is 2.83 bits per heavy atom. The smallest absolute Gasteiger partial charge is 0.0927 e. The van der Waals surface area contributed by atoms with Gasteiger partial charge in [-0.3, -0.25) is 5.10 Å². The number of fused-ring (bicyclic) bond motifs is 1. The monoisotopic (exact) mass is 247 g/mol. The number of benzene rings is 1. The van der Waals surface area contributed by atoms with E-state index in [4.69, 9.17) is 0 Å². The molecule has 1 heterocycles. The second kappa shape index (κ2) is 5.50. The summed E-state index contributed by atoms with van der Waals surface area (Å²) in [5, 5.41) is 21.8. The fourth-order valence-electron chi connectivity index (χ4n) is 2.16. The number of aliphatic hydroxyl groups is 1. The lowest BCUT2D eigenvalue weighted by molar-refractivity contribution is 0.175. The maximum atomic E-state index is 10.3. The third-order valence-electron chi connectivity index (χ3n) is 3.04. The summed E-state index contributed by atoms with van der Waals surface area (Å²) in [6.07, 6.45) is -0.497. The lowest BCUT2D eigenvalue weighted by atomic mass is 10.0. The van der Waals surface area contributed by atoms with Crippen LogP contribution in [0.1, 0.15) is 31.2 Å². The van der Waals surface area contributed by atoms with Crippen molar-refractivity contribution in [1.82, 2.24) is 15.5 Å². The maximum absolute atomic E-state index is 10.3. The number of H-pyrrole nitrogens is 1. The second-order valence-electron chi connectivity index (χ2n) is 5.16. The van der Waals surface area contributed by atoms with E-state index in [-0.39, 0.29) is 0 Å². The minimum absolute atomic E-state index is 0.497. The van der Waals surface area contributed by atoms with Crippen LogP contribution in [0.3, 0.4) is 0 Å². The number of rotatable bonds is 5. The third kappa shape index (κ3) is 2.71. The van der Waals surface area contributed by atoms with Gasteiger partial charge in [0.25, 0.3) is 0 Å². The van der Waals surface area contributed by atoms with Crippen LogP contribution in [0.2, 0.25) is 0 Å². The number of nitrogens with one attached hydrogen (secondary N) is 2. The summed E-state index contributed by atoms with van der Waals surface area (Å²) in [5.41, 5.74) is 2.85. The van der Waals surface area contributed by atoms with Crippen molar-refractivity contribution in [1.29, 1.82) is 0 Å². The molecule has 1 aromatic carbocycles. The van der Waals surface area contributed by atoms with Crippen LogP contribution < -0.4 is 5.32 Å². The van der Waals surface area contributed by atoms with Crippen molar-refractivity contribution in [2.45, 2.75) is 26.9 Å². The predicted octanol–water partition coefficient (Wildman–Crippen LogP) is 2.15. The normalized spacial score (nSPS) is 13.4. The van der Waals surface area contributed by atoms with E-state index in [1.807, 2.05) is 25.1 Å². The van der Waals surface area contributed by atoms with E-state index < -0.39 is 6.10 Å². The van der Waals surface area contributed by atoms with Crippen molar-refractivity contribution in [2.75, 3.05) is 13.1 Å². The summed E-state index contributed by atoms with van der Waals surface area (Å²) in [6, 6.07) is 5.85. The first-order valence-electron chi connectivity index (χ1n) is 6.42. The van der Waals surface area contributed by atoms with Gasteiger partial charge in [0.15, 0.2) is 0 Å². The van der Waals surface area contributed by atoms with E-state index in [9.17, 15) is 5.11 Å². The highest BCUT2D eigenvalue weighted by atomic mass is 16.3. The topological polar surface area (TPSA) is 60.9 Å². The zero-order chi connectivity index (χ0) is 13.1. The third-order valence-corrected chi connectivity index (χ3v) is 3.04. The molecule has 0 aliphatic carbocycles. The summed E-state index contributed by atoms with van der Waals surface area (Å²) in [4.78, 5) is 0. The number of aryl methyl sites for hydroxylation is 1. The number of nitrogens with zero attached hydrogens (tertiary/aromatic N) is 1. The van der Waals surface area contributed by atoms with Crippen LogP contribution in [0, 0.1) is 12.8 Å². The van der Waals surface area contributed by atoms with Crippen LogP contribution in [-0.2, 0) is 0 Å². The Morgan fingerprint density at radius 2 is 2.11 bits per heavy atom. The Labute approximate surface area is 107 Å². The minimum Gasteiger partial charge on any atom is -0.387 e. The lowest BCUT2D eigenvalue weighted by Gasteiger charge is -2.14. The molecule has 0 radical (unpaired) electrons. The average molecular weight is 247 g/mol. The molecule has 4 heteroatoms. The van der Waals surface area contributed by atoms with Crippen LogP contribution in [0.15, 0.2) is 18.2 Å². The molecular formula is C14H21N3O. The number of hydrogen-bond acceptors (Lipinski definition) is 3. The Morgan fingerprint density at radius 1 is 1.33 bits per heavy atom. The Kier molecular flexibility index (Phi) is 3.99. The zero-order valence-electron chi connectivity index (χ0n) is 11.2. The van der Waals surface area contributed by atoms with Crippen LogP contribution in [-0.4, -0.2) is 28.4 Å². The molecule has 18 heavy (non-hydrogen) atoms. The highest BCUT2D eigenvalue weighted by molar-refractivity contribution is 5.85. The van der Waals surface area contributed by atoms with Gasteiger partial charge in [0.1, 0.15) is 0 Å². The molecule has 2 rings (SSSR count). The number of aromatic nitrogens is 2. The van der Waals surface area contributed by atoms with Crippen LogP contribution in [0.5, 0.6) is 0 Å². The highest BCUT2D eigenvalue weighted by Crippen LogP contribution is 2.25. The molecule has 0 aliphatic heterocycles. The predicted molar refractivity (Wildman–Crippen MR) is 73.5 cm³/mol. The largest absolute Gasteiger partial charge is 0.387 e. The van der Waals surface area contributed by atoms with Crippen molar-refractivity contribution in [3.8, 4) is 0 Å². The summed E-state index contributed by atoms with van der Waals surface area (Å²) >= 11 is 0. The molecule has 0 spiro atoms. The molecule has 1 atom stereocenters. The molecule has 3 N–H and O–H groups in total. The highest BCUT2D eigenvalue weighted by Gasteiger charge is 2.14. The minimum atomic E-state index is -0.497. The number of aromatic amines is 1. The van der Waals surface area contributed by atoms with Crippen molar-refractivity contribution in [2.24, 2.45) is 5.92 Å². The van der Waals surface area contributed by atoms with Crippen molar-refractivity contribution in [3.63, 3.8) is 0 Å². The lowest BCUT2D eigenvalue weighted by Crippen LogP contribution is -2.25. The molecule has 0 unspecified atom stereocenters. The van der Waals surface area contributed by atoms with Gasteiger partial charge in [0.2, 0.25) is 0 Å². The zero-order valence-corrected chi connectivity index (χ0v) is 11.2. The van der Waals surface area contributed by atoms with Gasteiger partial charge in [-0.15, -0.1) is 0 Å². The molecule has 0 saturated carbocycles. The van der Waals surface area contributed by atoms with E-state index >= 15 is 0 Å². The van der Waals surface area contributed by atoms with Crippen LogP contribution in [0.25, 0.3) is 10.9 Å². The standard InChI is InChI=1S/C14H21N3O/c1-9(2)7-15-8-13(18)11-5-4-6-12-14(11)10(3)16-17-12/h4-6,9,13,15,18H,7-8H2,1-3H3,(H,16,17)/t13-/m0/s1. The number of aliphatic hydroxyl groups excluding tert-OH is 1. The van der Waals surface area contributed by atoms with Gasteiger partial charge in [-0.05, 0) is 31.0 Å². The van der Waals surface area contributed by atoms with Crippen molar-refractivity contribution >= 4 is 10.9 Å². The first-order chi connectivity index (χ1) is 8.59. The Balaban J connectivity index is 2.17. The van der Waals surface area contributed by atoms with Gasteiger partial charge in [-0.2, -0.15) is 5.10 Å². The molecular weight excluding hydrogens is 226 g/mol. The molecule has 1 aromatic heterocycles. The molecule has 0 bridgehead atoms. The Hall–Kier alpha value is -1.39. The van der Waals surface area contributed by atoms with Gasteiger partial charge >= 0.3 is 0 Å². The summed E-state index contributed by atoms with van der Waals surface area (Å²) in [5.74, 6) is 0.587. The first-order valence-corrected chi connectivity index (χ1v) is 6.42. The summed E-state index contributed by atoms with van der Waals surface area (Å²) in [6.45, 7) is 7.77. The van der Waals surface area contributed by atoms with E-state index in [0.717, 1.165) is 28.7 Å². The molecule has 4 nitrogen and oxygen atoms in total. The molecule has 0 fully saturated rings. The quantitative estimate of drug-likeness (QED) is 0.758.